The number of aromatic nitrogens is 2. The molecule has 4 N–H and O–H groups in total. The third-order valence-corrected chi connectivity index (χ3v) is 7.67. The number of nitrogen functional groups attached to an aromatic ring is 1. The number of hydrogen-bond donors (Lipinski definition) is 2. The first-order valence-electron chi connectivity index (χ1n) is 12.6. The molecule has 0 radical (unpaired) electrons. The number of urea groups is 1. The fourth-order valence-corrected chi connectivity index (χ4v) is 5.61. The Balaban J connectivity index is 1.20. The van der Waals surface area contributed by atoms with Gasteiger partial charge in [-0.15, -0.1) is 0 Å². The van der Waals surface area contributed by atoms with Crippen LogP contribution in [0.15, 0.2) is 35.6 Å². The molecule has 186 valence electrons. The minimum Gasteiger partial charge on any atom is -0.463 e. The molecule has 0 bridgehead atoms. The quantitative estimate of drug-likeness (QED) is 0.696. The molecule has 0 unspecified atom stereocenters. The van der Waals surface area contributed by atoms with E-state index in [0.717, 1.165) is 49.9 Å². The monoisotopic (exact) mass is 477 g/mol. The largest absolute Gasteiger partial charge is 0.463 e. The van der Waals surface area contributed by atoms with Crippen molar-refractivity contribution >= 4 is 23.2 Å². The zero-order valence-corrected chi connectivity index (χ0v) is 20.6. The van der Waals surface area contributed by atoms with Crippen molar-refractivity contribution in [1.82, 2.24) is 19.8 Å². The molecular weight excluding hydrogens is 442 g/mol. The second-order valence-corrected chi connectivity index (χ2v) is 10.5. The summed E-state index contributed by atoms with van der Waals surface area (Å²) in [5.74, 6) is 2.07. The van der Waals surface area contributed by atoms with Crippen LogP contribution in [0, 0.1) is 5.92 Å². The van der Waals surface area contributed by atoms with E-state index >= 15 is 0 Å². The van der Waals surface area contributed by atoms with Crippen molar-refractivity contribution in [3.63, 3.8) is 0 Å². The minimum atomic E-state index is -0.615. The highest BCUT2D eigenvalue weighted by Gasteiger charge is 2.35. The molecule has 35 heavy (non-hydrogen) atoms. The number of ether oxygens (including phenoxy) is 1. The number of carbonyl (C=O) groups excluding carboxylic acids is 1. The number of fused-ring (bicyclic) bond motifs is 1. The highest BCUT2D eigenvalue weighted by atomic mass is 16.5. The third kappa shape index (κ3) is 4.96. The van der Waals surface area contributed by atoms with Crippen molar-refractivity contribution in [3.05, 3.63) is 41.7 Å². The summed E-state index contributed by atoms with van der Waals surface area (Å²) in [7, 11) is 0. The summed E-state index contributed by atoms with van der Waals surface area (Å²) in [4.78, 5) is 28.6. The molecule has 1 aromatic carbocycles. The van der Waals surface area contributed by atoms with Gasteiger partial charge in [-0.3, -0.25) is 4.90 Å². The van der Waals surface area contributed by atoms with E-state index in [1.165, 1.54) is 37.6 Å². The maximum atomic E-state index is 11.3. The molecular formula is C26H35N7O2. The number of amides is 2. The number of nitrogens with zero attached hydrogens (tertiary/aromatic N) is 5. The molecule has 3 aliphatic rings. The molecule has 5 rings (SSSR count). The van der Waals surface area contributed by atoms with Crippen molar-refractivity contribution in [2.45, 2.75) is 51.0 Å². The van der Waals surface area contributed by atoms with E-state index in [4.69, 9.17) is 21.2 Å². The number of anilines is 1. The zero-order chi connectivity index (χ0) is 24.6. The van der Waals surface area contributed by atoms with Gasteiger partial charge in [-0.2, -0.15) is 4.98 Å². The molecule has 1 aliphatic carbocycles. The van der Waals surface area contributed by atoms with Crippen LogP contribution < -0.4 is 16.2 Å². The lowest BCUT2D eigenvalue weighted by molar-refractivity contribution is 0.121. The summed E-state index contributed by atoms with van der Waals surface area (Å²) in [6.45, 7) is 8.46. The predicted molar refractivity (Wildman–Crippen MR) is 136 cm³/mol. The Kier molecular flexibility index (Phi) is 6.35. The number of hydrogen-bond acceptors (Lipinski definition) is 7. The topological polar surface area (TPSA) is 123 Å². The number of aliphatic imine (C=N–C) groups is 1. The molecule has 0 atom stereocenters. The lowest BCUT2D eigenvalue weighted by atomic mass is 9.78. The second kappa shape index (κ2) is 9.45. The van der Waals surface area contributed by atoms with Gasteiger partial charge in [0.1, 0.15) is 11.9 Å². The first kappa shape index (κ1) is 23.5. The predicted octanol–water partition coefficient (Wildman–Crippen LogP) is 3.32. The lowest BCUT2D eigenvalue weighted by Crippen LogP contribution is -2.51. The number of rotatable bonds is 4. The van der Waals surface area contributed by atoms with E-state index in [1.54, 1.807) is 4.90 Å². The molecule has 0 spiro atoms. The smallest absolute Gasteiger partial charge is 0.314 e. The lowest BCUT2D eigenvalue weighted by Gasteiger charge is -2.37. The molecule has 2 amide bonds. The number of carbonyl (C=O) groups is 1. The maximum Gasteiger partial charge on any atom is 0.314 e. The average Bonchev–Trinajstić information content (AvgIpc) is 2.84. The average molecular weight is 478 g/mol. The van der Waals surface area contributed by atoms with Crippen molar-refractivity contribution < 1.29 is 9.53 Å². The molecule has 2 fully saturated rings. The molecule has 1 aromatic heterocycles. The van der Waals surface area contributed by atoms with Crippen LogP contribution in [0.25, 0.3) is 0 Å². The first-order valence-corrected chi connectivity index (χ1v) is 12.6. The Labute approximate surface area is 206 Å². The Morgan fingerprint density at radius 2 is 1.74 bits per heavy atom. The number of nitrogens with two attached hydrogens (primary N) is 2. The first-order chi connectivity index (χ1) is 16.8. The zero-order valence-electron chi connectivity index (χ0n) is 20.6. The van der Waals surface area contributed by atoms with Crippen LogP contribution in [0.2, 0.25) is 0 Å². The Bertz CT molecular complexity index is 1100. The third-order valence-electron chi connectivity index (χ3n) is 7.67. The maximum absolute atomic E-state index is 11.3. The fraction of sp³-hybridized carbons (Fsp3) is 0.538. The van der Waals surface area contributed by atoms with Gasteiger partial charge in [0, 0.05) is 38.3 Å². The summed E-state index contributed by atoms with van der Waals surface area (Å²) in [5, 5.41) is 0. The SMILES string of the molecule is CC1(C)Oc2ncnc(N)c2N=C1c1ccc([C@H]2CC[C@H](CN3CCN(C(N)=O)CC3)CC2)cc1. The molecule has 9 heteroatoms. The van der Waals surface area contributed by atoms with Gasteiger partial charge in [0.2, 0.25) is 5.88 Å². The van der Waals surface area contributed by atoms with Crippen LogP contribution in [0.5, 0.6) is 5.88 Å². The molecule has 9 nitrogen and oxygen atoms in total. The van der Waals surface area contributed by atoms with E-state index in [9.17, 15) is 4.79 Å². The summed E-state index contributed by atoms with van der Waals surface area (Å²) < 4.78 is 6.11. The molecule has 1 saturated carbocycles. The van der Waals surface area contributed by atoms with Gasteiger partial charge in [-0.1, -0.05) is 24.3 Å². The molecule has 2 aromatic rings. The molecule has 1 saturated heterocycles. The highest BCUT2D eigenvalue weighted by molar-refractivity contribution is 6.09. The van der Waals surface area contributed by atoms with E-state index in [-0.39, 0.29) is 6.03 Å². The van der Waals surface area contributed by atoms with Crippen LogP contribution in [-0.2, 0) is 0 Å². The summed E-state index contributed by atoms with van der Waals surface area (Å²) >= 11 is 0. The van der Waals surface area contributed by atoms with E-state index in [0.29, 0.717) is 23.3 Å². The highest BCUT2D eigenvalue weighted by Crippen LogP contribution is 2.40. The van der Waals surface area contributed by atoms with Crippen LogP contribution >= 0.6 is 0 Å². The van der Waals surface area contributed by atoms with Crippen molar-refractivity contribution in [3.8, 4) is 5.88 Å². The van der Waals surface area contributed by atoms with Gasteiger partial charge in [-0.05, 0) is 56.9 Å². The van der Waals surface area contributed by atoms with Gasteiger partial charge in [0.05, 0.1) is 5.71 Å². The minimum absolute atomic E-state index is 0.300. The van der Waals surface area contributed by atoms with E-state index < -0.39 is 5.60 Å². The van der Waals surface area contributed by atoms with Crippen LogP contribution in [0.3, 0.4) is 0 Å². The van der Waals surface area contributed by atoms with Gasteiger partial charge in [-0.25, -0.2) is 14.8 Å². The van der Waals surface area contributed by atoms with Crippen LogP contribution in [-0.4, -0.2) is 69.8 Å². The van der Waals surface area contributed by atoms with E-state index in [2.05, 4.69) is 39.1 Å². The number of piperazine rings is 1. The van der Waals surface area contributed by atoms with Gasteiger partial charge in [0.25, 0.3) is 0 Å². The standard InChI is InChI=1S/C26H35N7O2/c1-26(2)22(31-21-23(27)29-16-30-24(21)35-26)20-9-7-19(8-10-20)18-5-3-17(4-6-18)15-32-11-13-33(14-12-32)25(28)34/h7-10,16-18H,3-6,11-15H2,1-2H3,(H2,28,34)(H2,27,29,30)/t17-,18-. The van der Waals surface area contributed by atoms with Crippen LogP contribution in [0.1, 0.15) is 56.6 Å². The molecule has 2 aliphatic heterocycles. The molecule has 3 heterocycles. The summed E-state index contributed by atoms with van der Waals surface area (Å²) in [6, 6.07) is 8.47. The van der Waals surface area contributed by atoms with Gasteiger partial charge >= 0.3 is 6.03 Å². The Morgan fingerprint density at radius 1 is 1.06 bits per heavy atom. The van der Waals surface area contributed by atoms with Crippen molar-refractivity contribution in [1.29, 1.82) is 0 Å². The van der Waals surface area contributed by atoms with Gasteiger partial charge < -0.3 is 21.1 Å². The van der Waals surface area contributed by atoms with Crippen molar-refractivity contribution in [2.75, 3.05) is 38.5 Å². The second-order valence-electron chi connectivity index (χ2n) is 10.5. The number of primary amides is 1. The summed E-state index contributed by atoms with van der Waals surface area (Å²) in [6.07, 6.45) is 6.31. The number of benzene rings is 1. The normalized spacial score (nSPS) is 24.3. The van der Waals surface area contributed by atoms with Gasteiger partial charge in [0.15, 0.2) is 11.5 Å². The Hall–Kier alpha value is -3.20. The Morgan fingerprint density at radius 3 is 2.40 bits per heavy atom. The van der Waals surface area contributed by atoms with Crippen molar-refractivity contribution in [2.24, 2.45) is 16.6 Å². The fourth-order valence-electron chi connectivity index (χ4n) is 5.61. The summed E-state index contributed by atoms with van der Waals surface area (Å²) in [5.41, 5.74) is 14.6. The van der Waals surface area contributed by atoms with E-state index in [1.807, 2.05) is 13.8 Å². The van der Waals surface area contributed by atoms with Crippen LogP contribution in [0.4, 0.5) is 16.3 Å².